The average Bonchev–Trinajstić information content (AvgIpc) is 3.18. The van der Waals surface area contributed by atoms with Crippen molar-refractivity contribution in [3.63, 3.8) is 0 Å². The number of amides is 1. The summed E-state index contributed by atoms with van der Waals surface area (Å²) in [5.74, 6) is 0.136. The Hall–Kier alpha value is -3.93. The number of nitrogens with zero attached hydrogens (tertiary/aromatic N) is 1. The van der Waals surface area contributed by atoms with E-state index in [4.69, 9.17) is 9.15 Å². The third-order valence-corrected chi connectivity index (χ3v) is 4.20. The lowest BCUT2D eigenvalue weighted by atomic mass is 10.2. The lowest BCUT2D eigenvalue weighted by Gasteiger charge is -2.06. The van der Waals surface area contributed by atoms with Gasteiger partial charge in [-0.25, -0.2) is 9.82 Å². The number of halogens is 1. The summed E-state index contributed by atoms with van der Waals surface area (Å²) in [5, 5.41) is 4.81. The van der Waals surface area contributed by atoms with Crippen molar-refractivity contribution in [3.8, 4) is 5.75 Å². The predicted octanol–water partition coefficient (Wildman–Crippen LogP) is 4.91. The summed E-state index contributed by atoms with van der Waals surface area (Å²) in [6.07, 6.45) is 1.52. The molecule has 0 spiro atoms. The molecule has 0 saturated carbocycles. The molecule has 6 heteroatoms. The summed E-state index contributed by atoms with van der Waals surface area (Å²) < 4.78 is 24.3. The van der Waals surface area contributed by atoms with Gasteiger partial charge in [0.2, 0.25) is 0 Å². The van der Waals surface area contributed by atoms with Crippen molar-refractivity contribution in [1.29, 1.82) is 0 Å². The van der Waals surface area contributed by atoms with Gasteiger partial charge >= 0.3 is 5.91 Å². The van der Waals surface area contributed by atoms with E-state index in [9.17, 15) is 9.18 Å². The molecule has 1 aromatic heterocycles. The van der Waals surface area contributed by atoms with Gasteiger partial charge in [-0.3, -0.25) is 4.79 Å². The molecule has 0 aliphatic heterocycles. The van der Waals surface area contributed by atoms with Crippen LogP contribution in [0.1, 0.15) is 21.7 Å². The minimum Gasteiger partial charge on any atom is -0.489 e. The number of carbonyl (C=O) groups is 1. The fraction of sp³-hybridized carbons (Fsp3) is 0.0435. The number of hydrogen-bond acceptors (Lipinski definition) is 4. The van der Waals surface area contributed by atoms with Crippen LogP contribution in [0.25, 0.3) is 11.0 Å². The summed E-state index contributed by atoms with van der Waals surface area (Å²) in [6.45, 7) is 0.277. The first kappa shape index (κ1) is 18.4. The van der Waals surface area contributed by atoms with Crippen LogP contribution in [-0.4, -0.2) is 12.1 Å². The fourth-order valence-electron chi connectivity index (χ4n) is 2.76. The van der Waals surface area contributed by atoms with E-state index >= 15 is 0 Å². The summed E-state index contributed by atoms with van der Waals surface area (Å²) in [7, 11) is 0. The van der Waals surface area contributed by atoms with E-state index in [1.54, 1.807) is 48.5 Å². The quantitative estimate of drug-likeness (QED) is 0.377. The summed E-state index contributed by atoms with van der Waals surface area (Å²) in [6, 6.07) is 22.5. The molecule has 0 fully saturated rings. The van der Waals surface area contributed by atoms with Crippen molar-refractivity contribution < 1.29 is 18.3 Å². The average molecular weight is 388 g/mol. The molecule has 1 N–H and O–H groups in total. The maximum atomic E-state index is 13.2. The Morgan fingerprint density at radius 2 is 1.86 bits per heavy atom. The largest absolute Gasteiger partial charge is 0.489 e. The first-order valence-corrected chi connectivity index (χ1v) is 8.97. The van der Waals surface area contributed by atoms with E-state index in [0.29, 0.717) is 11.3 Å². The van der Waals surface area contributed by atoms with E-state index in [1.807, 2.05) is 18.2 Å². The molecule has 3 aromatic carbocycles. The molecule has 1 heterocycles. The van der Waals surface area contributed by atoms with Crippen LogP contribution < -0.4 is 10.2 Å². The molecule has 144 valence electrons. The highest BCUT2D eigenvalue weighted by Gasteiger charge is 2.10. The minimum atomic E-state index is -0.424. The van der Waals surface area contributed by atoms with Gasteiger partial charge in [0.25, 0.3) is 0 Å². The number of nitrogens with one attached hydrogen (secondary N) is 1. The Balaban J connectivity index is 1.32. The number of hydrogen-bond donors (Lipinski definition) is 1. The van der Waals surface area contributed by atoms with Crippen LogP contribution in [0.5, 0.6) is 5.75 Å². The van der Waals surface area contributed by atoms with Crippen LogP contribution in [0.4, 0.5) is 4.39 Å². The standard InChI is InChI=1S/C23H17FN2O3/c24-19-6-3-4-17(12-19)15-28-20-10-8-16(9-11-20)14-25-26-23(27)22-13-18-5-1-2-7-21(18)29-22/h1-14H,15H2,(H,26,27)/b25-14+. The van der Waals surface area contributed by atoms with E-state index in [2.05, 4.69) is 10.5 Å². The predicted molar refractivity (Wildman–Crippen MR) is 108 cm³/mol. The molecule has 5 nitrogen and oxygen atoms in total. The molecule has 4 rings (SSSR count). The van der Waals surface area contributed by atoms with Crippen molar-refractivity contribution in [2.75, 3.05) is 0 Å². The van der Waals surface area contributed by atoms with Gasteiger partial charge in [-0.2, -0.15) is 5.10 Å². The van der Waals surface area contributed by atoms with Crippen molar-refractivity contribution in [1.82, 2.24) is 5.43 Å². The van der Waals surface area contributed by atoms with Crippen molar-refractivity contribution >= 4 is 23.1 Å². The molecule has 0 radical (unpaired) electrons. The second kappa shape index (κ2) is 8.39. The molecular weight excluding hydrogens is 371 g/mol. The molecule has 4 aromatic rings. The van der Waals surface area contributed by atoms with Gasteiger partial charge in [0.05, 0.1) is 6.21 Å². The number of fused-ring (bicyclic) bond motifs is 1. The van der Waals surface area contributed by atoms with Crippen LogP contribution in [0.15, 0.2) is 88.4 Å². The Morgan fingerprint density at radius 3 is 2.66 bits per heavy atom. The SMILES string of the molecule is O=C(N/N=C/c1ccc(OCc2cccc(F)c2)cc1)c1cc2ccccc2o1. The van der Waals surface area contributed by atoms with Crippen LogP contribution in [0, 0.1) is 5.82 Å². The number of benzene rings is 3. The van der Waals surface area contributed by atoms with E-state index in [0.717, 1.165) is 16.5 Å². The van der Waals surface area contributed by atoms with E-state index < -0.39 is 5.91 Å². The Bertz CT molecular complexity index is 1130. The Morgan fingerprint density at radius 1 is 1.03 bits per heavy atom. The smallest absolute Gasteiger partial charge is 0.307 e. The second-order valence-corrected chi connectivity index (χ2v) is 6.34. The zero-order chi connectivity index (χ0) is 20.1. The third kappa shape index (κ3) is 4.68. The molecule has 0 aliphatic carbocycles. The highest BCUT2D eigenvalue weighted by Crippen LogP contribution is 2.18. The molecule has 0 aliphatic rings. The topological polar surface area (TPSA) is 63.8 Å². The summed E-state index contributed by atoms with van der Waals surface area (Å²) in [4.78, 5) is 12.1. The van der Waals surface area contributed by atoms with Gasteiger partial charge in [0.15, 0.2) is 5.76 Å². The lowest BCUT2D eigenvalue weighted by molar-refractivity contribution is 0.0929. The fourth-order valence-corrected chi connectivity index (χ4v) is 2.76. The Labute approximate surface area is 166 Å². The molecular formula is C23H17FN2O3. The van der Waals surface area contributed by atoms with E-state index in [-0.39, 0.29) is 18.2 Å². The van der Waals surface area contributed by atoms with Crippen LogP contribution in [0.3, 0.4) is 0 Å². The maximum absolute atomic E-state index is 13.2. The summed E-state index contributed by atoms with van der Waals surface area (Å²) in [5.41, 5.74) is 4.63. The van der Waals surface area contributed by atoms with Crippen molar-refractivity contribution in [2.45, 2.75) is 6.61 Å². The lowest BCUT2D eigenvalue weighted by Crippen LogP contribution is -2.16. The maximum Gasteiger partial charge on any atom is 0.307 e. The number of carbonyl (C=O) groups excluding carboxylic acids is 1. The van der Waals surface area contributed by atoms with Gasteiger partial charge in [0.1, 0.15) is 23.8 Å². The highest BCUT2D eigenvalue weighted by molar-refractivity contribution is 5.96. The minimum absolute atomic E-state index is 0.199. The third-order valence-electron chi connectivity index (χ3n) is 4.20. The number of furan rings is 1. The molecule has 0 atom stereocenters. The van der Waals surface area contributed by atoms with Crippen LogP contribution in [0.2, 0.25) is 0 Å². The number of ether oxygens (including phenoxy) is 1. The molecule has 0 bridgehead atoms. The first-order chi connectivity index (χ1) is 14.2. The summed E-state index contributed by atoms with van der Waals surface area (Å²) >= 11 is 0. The monoisotopic (exact) mass is 388 g/mol. The van der Waals surface area contributed by atoms with Gasteiger partial charge in [0, 0.05) is 5.39 Å². The van der Waals surface area contributed by atoms with E-state index in [1.165, 1.54) is 18.3 Å². The van der Waals surface area contributed by atoms with Gasteiger partial charge < -0.3 is 9.15 Å². The molecule has 0 unspecified atom stereocenters. The van der Waals surface area contributed by atoms with Gasteiger partial charge in [-0.05, 0) is 59.7 Å². The number of para-hydroxylation sites is 1. The second-order valence-electron chi connectivity index (χ2n) is 6.34. The van der Waals surface area contributed by atoms with Crippen molar-refractivity contribution in [2.24, 2.45) is 5.10 Å². The van der Waals surface area contributed by atoms with Crippen LogP contribution >= 0.6 is 0 Å². The number of hydrazone groups is 1. The normalized spacial score (nSPS) is 11.1. The molecule has 1 amide bonds. The molecule has 0 saturated heterocycles. The zero-order valence-corrected chi connectivity index (χ0v) is 15.3. The number of rotatable bonds is 6. The van der Waals surface area contributed by atoms with Gasteiger partial charge in [-0.15, -0.1) is 0 Å². The highest BCUT2D eigenvalue weighted by atomic mass is 19.1. The van der Waals surface area contributed by atoms with Crippen molar-refractivity contribution in [3.05, 3.63) is 102 Å². The Kier molecular flexibility index (Phi) is 5.33. The van der Waals surface area contributed by atoms with Gasteiger partial charge in [-0.1, -0.05) is 30.3 Å². The van der Waals surface area contributed by atoms with Crippen LogP contribution in [-0.2, 0) is 6.61 Å². The zero-order valence-electron chi connectivity index (χ0n) is 15.3. The molecule has 29 heavy (non-hydrogen) atoms. The first-order valence-electron chi connectivity index (χ1n) is 8.97.